The van der Waals surface area contributed by atoms with Crippen molar-refractivity contribution < 1.29 is 17.5 Å². The van der Waals surface area contributed by atoms with Crippen LogP contribution in [0.1, 0.15) is 0 Å². The van der Waals surface area contributed by atoms with E-state index < -0.39 is 22.9 Å². The van der Waals surface area contributed by atoms with E-state index in [2.05, 4.69) is 4.98 Å². The van der Waals surface area contributed by atoms with Crippen molar-refractivity contribution >= 4 is 22.6 Å². The first-order valence-corrected chi connectivity index (χ1v) is 5.87. The fraction of sp³-hybridized carbons (Fsp3) is 0. The maximum Gasteiger partial charge on any atom is 0.150 e. The number of aromatic nitrogens is 1. The van der Waals surface area contributed by atoms with Crippen LogP contribution in [-0.4, -0.2) is 13.7 Å². The summed E-state index contributed by atoms with van der Waals surface area (Å²) < 4.78 is 49.4. The van der Waals surface area contributed by atoms with E-state index in [9.17, 15) is 17.5 Å². The van der Waals surface area contributed by atoms with Gasteiger partial charge in [-0.05, 0) is 24.3 Å². The molecule has 18 heavy (non-hydrogen) atoms. The van der Waals surface area contributed by atoms with Gasteiger partial charge in [-0.15, -0.1) is 0 Å². The molecule has 2 aromatic rings. The van der Waals surface area contributed by atoms with Crippen molar-refractivity contribution in [1.29, 1.82) is 0 Å². The standard InChI is InChI=1S/C11H8F2N2O2S/c12-8-3-4-11(10(13)6-8)15(18(16)17)9-2-1-5-14-7-9/h1-7H,(H,16,17)/p-1. The van der Waals surface area contributed by atoms with Gasteiger partial charge in [0.15, 0.2) is 5.82 Å². The molecule has 94 valence electrons. The predicted octanol–water partition coefficient (Wildman–Crippen LogP) is 2.29. The minimum atomic E-state index is -2.74. The molecule has 1 heterocycles. The highest BCUT2D eigenvalue weighted by Gasteiger charge is 2.15. The Morgan fingerprint density at radius 1 is 1.28 bits per heavy atom. The molecule has 1 aromatic heterocycles. The van der Waals surface area contributed by atoms with Crippen LogP contribution in [0.3, 0.4) is 0 Å². The largest absolute Gasteiger partial charge is 0.755 e. The molecule has 0 radical (unpaired) electrons. The molecule has 7 heteroatoms. The number of anilines is 2. The molecule has 4 nitrogen and oxygen atoms in total. The van der Waals surface area contributed by atoms with Crippen molar-refractivity contribution in [3.8, 4) is 0 Å². The molecule has 0 aliphatic rings. The zero-order chi connectivity index (χ0) is 13.1. The van der Waals surface area contributed by atoms with Crippen LogP contribution in [0.4, 0.5) is 20.2 Å². The van der Waals surface area contributed by atoms with Crippen LogP contribution < -0.4 is 4.31 Å². The van der Waals surface area contributed by atoms with E-state index in [1.165, 1.54) is 24.5 Å². The average Bonchev–Trinajstić information content (AvgIpc) is 2.33. The van der Waals surface area contributed by atoms with Gasteiger partial charge in [-0.1, -0.05) is 0 Å². The summed E-state index contributed by atoms with van der Waals surface area (Å²) in [6.45, 7) is 0. The van der Waals surface area contributed by atoms with Crippen LogP contribution in [0, 0.1) is 11.6 Å². The fourth-order valence-corrected chi connectivity index (χ4v) is 2.01. The van der Waals surface area contributed by atoms with Gasteiger partial charge in [-0.2, -0.15) is 0 Å². The molecule has 0 aliphatic carbocycles. The van der Waals surface area contributed by atoms with Crippen molar-refractivity contribution in [3.63, 3.8) is 0 Å². The first-order valence-electron chi connectivity index (χ1n) is 4.84. The van der Waals surface area contributed by atoms with E-state index in [0.29, 0.717) is 10.4 Å². The Kier molecular flexibility index (Phi) is 3.63. The number of hydrogen-bond acceptors (Lipinski definition) is 3. The van der Waals surface area contributed by atoms with Crippen LogP contribution in [0.15, 0.2) is 42.7 Å². The lowest BCUT2D eigenvalue weighted by molar-refractivity contribution is 0.534. The molecule has 0 saturated heterocycles. The smallest absolute Gasteiger partial charge is 0.150 e. The van der Waals surface area contributed by atoms with E-state index in [1.807, 2.05) is 0 Å². The zero-order valence-corrected chi connectivity index (χ0v) is 9.73. The maximum atomic E-state index is 13.6. The van der Waals surface area contributed by atoms with Gasteiger partial charge < -0.3 is 4.55 Å². The molecule has 0 amide bonds. The van der Waals surface area contributed by atoms with Gasteiger partial charge in [0.1, 0.15) is 5.82 Å². The molecule has 1 unspecified atom stereocenters. The fourth-order valence-electron chi connectivity index (χ4n) is 1.43. The lowest BCUT2D eigenvalue weighted by atomic mass is 10.3. The summed E-state index contributed by atoms with van der Waals surface area (Å²) in [6.07, 6.45) is 2.72. The van der Waals surface area contributed by atoms with Gasteiger partial charge in [-0.3, -0.25) is 13.5 Å². The van der Waals surface area contributed by atoms with Crippen molar-refractivity contribution in [1.82, 2.24) is 4.98 Å². The molecule has 0 spiro atoms. The number of hydrogen-bond donors (Lipinski definition) is 0. The number of rotatable bonds is 3. The highest BCUT2D eigenvalue weighted by Crippen LogP contribution is 2.28. The normalized spacial score (nSPS) is 12.2. The third kappa shape index (κ3) is 2.52. The lowest BCUT2D eigenvalue weighted by Crippen LogP contribution is -2.20. The molecule has 1 atom stereocenters. The third-order valence-electron chi connectivity index (χ3n) is 2.16. The SMILES string of the molecule is O=S([O-])N(c1cccnc1)c1ccc(F)cc1F. The van der Waals surface area contributed by atoms with E-state index in [0.717, 1.165) is 12.1 Å². The van der Waals surface area contributed by atoms with Gasteiger partial charge in [0, 0.05) is 12.3 Å². The van der Waals surface area contributed by atoms with Crippen LogP contribution >= 0.6 is 0 Å². The van der Waals surface area contributed by atoms with E-state index in [1.54, 1.807) is 0 Å². The molecule has 2 rings (SSSR count). The van der Waals surface area contributed by atoms with Gasteiger partial charge >= 0.3 is 0 Å². The van der Waals surface area contributed by atoms with Crippen LogP contribution in [0.5, 0.6) is 0 Å². The molecule has 0 bridgehead atoms. The quantitative estimate of drug-likeness (QED) is 0.803. The third-order valence-corrected chi connectivity index (χ3v) is 2.86. The Bertz CT molecular complexity index is 581. The Morgan fingerprint density at radius 3 is 2.61 bits per heavy atom. The first kappa shape index (κ1) is 12.6. The van der Waals surface area contributed by atoms with Gasteiger partial charge in [0.2, 0.25) is 0 Å². The van der Waals surface area contributed by atoms with E-state index >= 15 is 0 Å². The van der Waals surface area contributed by atoms with Crippen LogP contribution in [-0.2, 0) is 11.3 Å². The Labute approximate surface area is 104 Å². The number of halogens is 2. The van der Waals surface area contributed by atoms with Gasteiger partial charge in [0.05, 0.1) is 28.8 Å². The molecular weight excluding hydrogens is 262 g/mol. The molecule has 0 aliphatic heterocycles. The molecule has 0 fully saturated rings. The van der Waals surface area contributed by atoms with Crippen molar-refractivity contribution in [2.24, 2.45) is 0 Å². The second-order valence-electron chi connectivity index (χ2n) is 3.32. The van der Waals surface area contributed by atoms with Crippen molar-refractivity contribution in [2.75, 3.05) is 4.31 Å². The van der Waals surface area contributed by atoms with Crippen molar-refractivity contribution in [3.05, 3.63) is 54.4 Å². The van der Waals surface area contributed by atoms with E-state index in [-0.39, 0.29) is 11.4 Å². The summed E-state index contributed by atoms with van der Waals surface area (Å²) in [4.78, 5) is 3.75. The van der Waals surface area contributed by atoms with Crippen LogP contribution in [0.2, 0.25) is 0 Å². The zero-order valence-electron chi connectivity index (χ0n) is 8.92. The van der Waals surface area contributed by atoms with Gasteiger partial charge in [-0.25, -0.2) is 8.78 Å². The van der Waals surface area contributed by atoms with Crippen molar-refractivity contribution in [2.45, 2.75) is 0 Å². The summed E-state index contributed by atoms with van der Waals surface area (Å²) in [5, 5.41) is 0. The molecule has 0 saturated carbocycles. The highest BCUT2D eigenvalue weighted by molar-refractivity contribution is 7.81. The predicted molar refractivity (Wildman–Crippen MR) is 61.7 cm³/mol. The Morgan fingerprint density at radius 2 is 2.06 bits per heavy atom. The monoisotopic (exact) mass is 269 g/mol. The summed E-state index contributed by atoms with van der Waals surface area (Å²) >= 11 is -2.74. The van der Waals surface area contributed by atoms with Crippen LogP contribution in [0.25, 0.3) is 0 Å². The number of pyridine rings is 1. The molecule has 0 N–H and O–H groups in total. The second kappa shape index (κ2) is 5.19. The number of benzene rings is 1. The average molecular weight is 269 g/mol. The first-order chi connectivity index (χ1) is 8.59. The summed E-state index contributed by atoms with van der Waals surface area (Å²) in [5.41, 5.74) is -0.103. The maximum absolute atomic E-state index is 13.6. The second-order valence-corrected chi connectivity index (χ2v) is 4.12. The minimum Gasteiger partial charge on any atom is -0.755 e. The molecule has 1 aromatic carbocycles. The Balaban J connectivity index is 2.52. The summed E-state index contributed by atoms with van der Waals surface area (Å²) in [6, 6.07) is 5.61. The highest BCUT2D eigenvalue weighted by atomic mass is 32.2. The summed E-state index contributed by atoms with van der Waals surface area (Å²) in [7, 11) is 0. The van der Waals surface area contributed by atoms with Gasteiger partial charge in [0.25, 0.3) is 0 Å². The topological polar surface area (TPSA) is 56.3 Å². The Hall–Kier alpha value is -1.86. The number of nitrogens with zero attached hydrogens (tertiary/aromatic N) is 2. The summed E-state index contributed by atoms with van der Waals surface area (Å²) in [5.74, 6) is -1.75. The van der Waals surface area contributed by atoms with E-state index in [4.69, 9.17) is 0 Å². The minimum absolute atomic E-state index is 0.163. The lowest BCUT2D eigenvalue weighted by Gasteiger charge is -2.26. The molecular formula is C11H7F2N2O2S-.